The summed E-state index contributed by atoms with van der Waals surface area (Å²) in [5.41, 5.74) is 3.92. The van der Waals surface area contributed by atoms with Gasteiger partial charge < -0.3 is 14.4 Å². The molecule has 0 aliphatic carbocycles. The fourth-order valence-electron chi connectivity index (χ4n) is 5.50. The Morgan fingerprint density at radius 1 is 1.15 bits per heavy atom. The summed E-state index contributed by atoms with van der Waals surface area (Å²) in [6.45, 7) is 2.86. The van der Waals surface area contributed by atoms with Crippen LogP contribution in [-0.4, -0.2) is 79.6 Å². The maximum atomic E-state index is 11.7. The molecule has 12 heteroatoms. The Morgan fingerprint density at radius 3 is 2.62 bits per heavy atom. The second-order valence-electron chi connectivity index (χ2n) is 10.3. The van der Waals surface area contributed by atoms with Crippen molar-refractivity contribution in [2.75, 3.05) is 43.7 Å². The average molecular weight is 559 g/mol. The molecular weight excluding hydrogens is 528 g/mol. The zero-order chi connectivity index (χ0) is 27.9. The number of hydrogen-bond donors (Lipinski definition) is 1. The van der Waals surface area contributed by atoms with Crippen molar-refractivity contribution in [2.45, 2.75) is 25.0 Å². The lowest BCUT2D eigenvalue weighted by Gasteiger charge is -2.56. The Morgan fingerprint density at radius 2 is 1.98 bits per heavy atom. The number of piperazine rings is 1. The number of nitrogens with one attached hydrogen (secondary N) is 1. The van der Waals surface area contributed by atoms with Gasteiger partial charge in [-0.15, -0.1) is 0 Å². The Kier molecular flexibility index (Phi) is 6.77. The van der Waals surface area contributed by atoms with Gasteiger partial charge in [0.25, 0.3) is 0 Å². The second-order valence-corrected chi connectivity index (χ2v) is 12.8. The minimum absolute atomic E-state index is 0.130. The van der Waals surface area contributed by atoms with E-state index < -0.39 is 9.73 Å². The molecule has 1 N–H and O–H groups in total. The van der Waals surface area contributed by atoms with Crippen molar-refractivity contribution in [3.8, 4) is 28.8 Å². The number of nitriles is 1. The van der Waals surface area contributed by atoms with Crippen LogP contribution in [0, 0.1) is 16.1 Å². The average Bonchev–Trinajstić information content (AvgIpc) is 3.38. The minimum Gasteiger partial charge on any atom is -0.491 e. The predicted octanol–water partition coefficient (Wildman–Crippen LogP) is 3.19. The summed E-state index contributed by atoms with van der Waals surface area (Å²) in [5.74, 6) is 2.20. The van der Waals surface area contributed by atoms with Crippen LogP contribution in [0.25, 0.3) is 16.6 Å². The van der Waals surface area contributed by atoms with Crippen molar-refractivity contribution in [2.24, 2.45) is 0 Å². The molecule has 7 rings (SSSR count). The molecule has 3 atom stereocenters. The molecule has 40 heavy (non-hydrogen) atoms. The highest BCUT2D eigenvalue weighted by molar-refractivity contribution is 7.91. The molecule has 0 aromatic carbocycles. The quantitative estimate of drug-likeness (QED) is 0.329. The first-order valence-corrected chi connectivity index (χ1v) is 15.2. The maximum absolute atomic E-state index is 11.7. The third kappa shape index (κ3) is 5.17. The number of rotatable bonds is 9. The summed E-state index contributed by atoms with van der Waals surface area (Å²) >= 11 is 0. The molecular formula is C28H30N8O3S. The topological polar surface area (TPSA) is 133 Å². The van der Waals surface area contributed by atoms with Gasteiger partial charge in [0.1, 0.15) is 24.2 Å². The Labute approximate surface area is 233 Å². The van der Waals surface area contributed by atoms with Crippen LogP contribution in [0.2, 0.25) is 0 Å². The Bertz CT molecular complexity index is 1670. The van der Waals surface area contributed by atoms with E-state index in [0.717, 1.165) is 36.6 Å². The molecule has 4 aromatic heterocycles. The molecule has 4 aromatic rings. The number of fused-ring (bicyclic) bond motifs is 3. The molecule has 0 amide bonds. The second kappa shape index (κ2) is 10.4. The SMILES string of the molecule is COc1ccc(CN2C3CC2CN(c2ccc(-c4cc(OCCS(C)(=N)=O)cn5ncc(C#N)c45)cn2)C3)cn1. The van der Waals surface area contributed by atoms with Gasteiger partial charge in [0.15, 0.2) is 0 Å². The Hall–Kier alpha value is -4.21. The third-order valence-electron chi connectivity index (χ3n) is 7.55. The lowest BCUT2D eigenvalue weighted by atomic mass is 9.87. The van der Waals surface area contributed by atoms with Crippen molar-refractivity contribution in [1.82, 2.24) is 24.5 Å². The van der Waals surface area contributed by atoms with Gasteiger partial charge in [0.2, 0.25) is 5.88 Å². The van der Waals surface area contributed by atoms with Crippen LogP contribution in [-0.2, 0) is 16.3 Å². The fraction of sp³-hybridized carbons (Fsp3) is 0.357. The zero-order valence-electron chi connectivity index (χ0n) is 22.4. The standard InChI is InChI=1S/C28H30N8O3S/c1-38-27-6-3-19(12-32-27)15-35-22-9-23(35)17-34(16-22)26-5-4-20(13-31-26)25-10-24(39-7-8-40(2,30)37)18-36-28(25)21(11-29)14-33-36/h3-6,10,12-14,18,22-23,30H,7-9,15-17H2,1-2H3. The van der Waals surface area contributed by atoms with Gasteiger partial charge in [-0.2, -0.15) is 10.4 Å². The van der Waals surface area contributed by atoms with Crippen LogP contribution in [0.15, 0.2) is 55.1 Å². The first-order valence-electron chi connectivity index (χ1n) is 13.0. The molecule has 11 nitrogen and oxygen atoms in total. The van der Waals surface area contributed by atoms with E-state index in [1.807, 2.05) is 36.7 Å². The summed E-state index contributed by atoms with van der Waals surface area (Å²) in [4.78, 5) is 14.0. The number of ether oxygens (including phenoxy) is 2. The molecule has 3 unspecified atom stereocenters. The Balaban J connectivity index is 1.18. The monoisotopic (exact) mass is 558 g/mol. The van der Waals surface area contributed by atoms with Crippen LogP contribution in [0.1, 0.15) is 17.5 Å². The molecule has 7 heterocycles. The summed E-state index contributed by atoms with van der Waals surface area (Å²) < 4.78 is 31.9. The van der Waals surface area contributed by atoms with Crippen LogP contribution in [0.4, 0.5) is 5.82 Å². The van der Waals surface area contributed by atoms with E-state index in [2.05, 4.69) is 32.0 Å². The van der Waals surface area contributed by atoms with Gasteiger partial charge in [0.05, 0.1) is 36.3 Å². The van der Waals surface area contributed by atoms with Crippen LogP contribution in [0.5, 0.6) is 11.6 Å². The van der Waals surface area contributed by atoms with Gasteiger partial charge in [-0.1, -0.05) is 6.07 Å². The lowest BCUT2D eigenvalue weighted by Crippen LogP contribution is -2.68. The van der Waals surface area contributed by atoms with E-state index in [4.69, 9.17) is 19.2 Å². The van der Waals surface area contributed by atoms with Crippen LogP contribution in [0.3, 0.4) is 0 Å². The summed E-state index contributed by atoms with van der Waals surface area (Å²) in [6, 6.07) is 13.0. The van der Waals surface area contributed by atoms with E-state index in [9.17, 15) is 9.47 Å². The molecule has 0 saturated carbocycles. The fourth-order valence-corrected chi connectivity index (χ4v) is 5.90. The number of aromatic nitrogens is 4. The number of anilines is 1. The summed E-state index contributed by atoms with van der Waals surface area (Å²) in [5, 5.41) is 14.0. The smallest absolute Gasteiger partial charge is 0.212 e. The highest BCUT2D eigenvalue weighted by atomic mass is 32.2. The van der Waals surface area contributed by atoms with Gasteiger partial charge in [-0.3, -0.25) is 13.9 Å². The highest BCUT2D eigenvalue weighted by Crippen LogP contribution is 2.36. The first kappa shape index (κ1) is 26.0. The molecule has 3 aliphatic heterocycles. The van der Waals surface area contributed by atoms with Gasteiger partial charge >= 0.3 is 0 Å². The van der Waals surface area contributed by atoms with E-state index >= 15 is 0 Å². The molecule has 0 radical (unpaired) electrons. The largest absolute Gasteiger partial charge is 0.491 e. The van der Waals surface area contributed by atoms with Crippen LogP contribution >= 0.6 is 0 Å². The third-order valence-corrected chi connectivity index (χ3v) is 8.49. The molecule has 3 fully saturated rings. The number of methoxy groups -OCH3 is 1. The van der Waals surface area contributed by atoms with E-state index in [1.165, 1.54) is 24.4 Å². The minimum atomic E-state index is -2.65. The lowest BCUT2D eigenvalue weighted by molar-refractivity contribution is -0.00876. The van der Waals surface area contributed by atoms with Crippen molar-refractivity contribution < 1.29 is 13.7 Å². The molecule has 3 saturated heterocycles. The van der Waals surface area contributed by atoms with Crippen molar-refractivity contribution in [3.63, 3.8) is 0 Å². The van der Waals surface area contributed by atoms with Crippen LogP contribution < -0.4 is 14.4 Å². The summed E-state index contributed by atoms with van der Waals surface area (Å²) in [6.07, 6.45) is 9.52. The van der Waals surface area contributed by atoms with Gasteiger partial charge in [0, 0.05) is 77.3 Å². The molecule has 0 spiro atoms. The number of pyridine rings is 3. The number of nitrogens with zero attached hydrogens (tertiary/aromatic N) is 7. The van der Waals surface area contributed by atoms with Gasteiger partial charge in [-0.05, 0) is 30.2 Å². The van der Waals surface area contributed by atoms with Crippen molar-refractivity contribution in [1.29, 1.82) is 10.0 Å². The predicted molar refractivity (Wildman–Crippen MR) is 151 cm³/mol. The van der Waals surface area contributed by atoms with E-state index in [1.54, 1.807) is 17.8 Å². The number of hydrogen-bond acceptors (Lipinski definition) is 10. The van der Waals surface area contributed by atoms with Crippen molar-refractivity contribution in [3.05, 3.63) is 66.2 Å². The number of piperidine rings is 1. The molecule has 3 aliphatic rings. The van der Waals surface area contributed by atoms with E-state index in [0.29, 0.717) is 34.8 Å². The van der Waals surface area contributed by atoms with Crippen molar-refractivity contribution >= 4 is 21.1 Å². The van der Waals surface area contributed by atoms with Gasteiger partial charge in [-0.25, -0.2) is 14.5 Å². The normalized spacial score (nSPS) is 20.0. The summed E-state index contributed by atoms with van der Waals surface area (Å²) in [7, 11) is -1.03. The molecule has 2 bridgehead atoms. The maximum Gasteiger partial charge on any atom is 0.212 e. The van der Waals surface area contributed by atoms with E-state index in [-0.39, 0.29) is 12.4 Å². The highest BCUT2D eigenvalue weighted by Gasteiger charge is 2.44. The first-order chi connectivity index (χ1) is 19.3. The zero-order valence-corrected chi connectivity index (χ0v) is 23.2. The molecule has 206 valence electrons.